The number of rotatable bonds is 2. The summed E-state index contributed by atoms with van der Waals surface area (Å²) in [6, 6.07) is 10.6. The molecule has 92 valence electrons. The maximum Gasteiger partial charge on any atom is 0.237 e. The van der Waals surface area contributed by atoms with Crippen LogP contribution in [0, 0.1) is 29.6 Å². The number of hydrazone groups is 1. The van der Waals surface area contributed by atoms with E-state index in [0.717, 1.165) is 16.5 Å². The van der Waals surface area contributed by atoms with Gasteiger partial charge in [0.05, 0.1) is 11.2 Å². The highest BCUT2D eigenvalue weighted by atomic mass is 35.5. The van der Waals surface area contributed by atoms with E-state index in [4.69, 9.17) is 22.1 Å². The Bertz CT molecular complexity index is 736. The first-order valence-corrected chi connectivity index (χ1v) is 5.72. The zero-order chi connectivity index (χ0) is 13.8. The zero-order valence-corrected chi connectivity index (χ0v) is 10.7. The number of aromatic nitrogens is 1. The fraction of sp³-hybridized carbons (Fsp3) is 0.0769. The molecule has 0 atom stereocenters. The number of aryl methyl sites for hydroxylation is 1. The van der Waals surface area contributed by atoms with Gasteiger partial charge in [-0.05, 0) is 30.7 Å². The first-order valence-electron chi connectivity index (χ1n) is 5.35. The second kappa shape index (κ2) is 5.34. The van der Waals surface area contributed by atoms with Crippen molar-refractivity contribution in [3.05, 3.63) is 35.0 Å². The van der Waals surface area contributed by atoms with Gasteiger partial charge in [-0.3, -0.25) is 5.43 Å². The summed E-state index contributed by atoms with van der Waals surface area (Å²) >= 11 is 5.90. The Labute approximate surface area is 114 Å². The van der Waals surface area contributed by atoms with E-state index in [-0.39, 0.29) is 5.71 Å². The predicted octanol–water partition coefficient (Wildman–Crippen LogP) is 3.01. The normalized spacial score (nSPS) is 9.47. The molecule has 0 unspecified atom stereocenters. The van der Waals surface area contributed by atoms with Crippen LogP contribution < -0.4 is 5.43 Å². The number of hydrogen-bond donors (Lipinski definition) is 1. The number of fused-ring (bicyclic) bond motifs is 1. The number of benzene rings is 1. The maximum atomic E-state index is 8.58. The van der Waals surface area contributed by atoms with E-state index < -0.39 is 0 Å². The van der Waals surface area contributed by atoms with Crippen LogP contribution in [0.1, 0.15) is 5.56 Å². The lowest BCUT2D eigenvalue weighted by Gasteiger charge is -2.05. The SMILES string of the molecule is Cc1cc(Cl)nc2cc(NN=C(C#N)C#N)ccc12. The van der Waals surface area contributed by atoms with Crippen LogP contribution in [-0.2, 0) is 0 Å². The fourth-order valence-electron chi connectivity index (χ4n) is 1.63. The van der Waals surface area contributed by atoms with Crippen LogP contribution in [0.15, 0.2) is 29.4 Å². The molecule has 0 saturated heterocycles. The molecule has 1 aromatic carbocycles. The van der Waals surface area contributed by atoms with E-state index in [2.05, 4.69) is 15.5 Å². The molecule has 0 saturated carbocycles. The van der Waals surface area contributed by atoms with Crippen molar-refractivity contribution in [2.75, 3.05) is 5.43 Å². The molecule has 1 aromatic heterocycles. The van der Waals surface area contributed by atoms with Crippen molar-refractivity contribution in [1.82, 2.24) is 4.98 Å². The predicted molar refractivity (Wildman–Crippen MR) is 73.8 cm³/mol. The molecule has 0 bridgehead atoms. The van der Waals surface area contributed by atoms with Crippen molar-refractivity contribution < 1.29 is 0 Å². The molecule has 2 aromatic rings. The molecule has 0 amide bonds. The quantitative estimate of drug-likeness (QED) is 0.516. The second-order valence-electron chi connectivity index (χ2n) is 3.79. The molecular formula is C13H8ClN5. The zero-order valence-electron chi connectivity index (χ0n) is 9.98. The molecule has 5 nitrogen and oxygen atoms in total. The molecule has 2 rings (SSSR count). The van der Waals surface area contributed by atoms with Gasteiger partial charge in [-0.15, -0.1) is 0 Å². The van der Waals surface area contributed by atoms with Crippen LogP contribution in [0.25, 0.3) is 10.9 Å². The van der Waals surface area contributed by atoms with E-state index >= 15 is 0 Å². The van der Waals surface area contributed by atoms with Crippen molar-refractivity contribution in [3.63, 3.8) is 0 Å². The van der Waals surface area contributed by atoms with E-state index in [1.165, 1.54) is 0 Å². The third-order valence-corrected chi connectivity index (χ3v) is 2.69. The highest BCUT2D eigenvalue weighted by Gasteiger charge is 2.03. The van der Waals surface area contributed by atoms with Gasteiger partial charge in [-0.2, -0.15) is 15.6 Å². The molecule has 0 spiro atoms. The fourth-order valence-corrected chi connectivity index (χ4v) is 1.88. The third-order valence-electron chi connectivity index (χ3n) is 2.49. The molecule has 0 aliphatic carbocycles. The first kappa shape index (κ1) is 12.8. The lowest BCUT2D eigenvalue weighted by atomic mass is 10.1. The molecule has 1 heterocycles. The van der Waals surface area contributed by atoms with Gasteiger partial charge in [-0.1, -0.05) is 17.7 Å². The van der Waals surface area contributed by atoms with Gasteiger partial charge in [0.25, 0.3) is 0 Å². The summed E-state index contributed by atoms with van der Waals surface area (Å²) in [4.78, 5) is 4.21. The standard InChI is InChI=1S/C13H8ClN5/c1-8-4-13(14)17-12-5-9(2-3-11(8)12)18-19-10(6-15)7-16/h2-5,18H,1H3. The van der Waals surface area contributed by atoms with Gasteiger partial charge in [0.1, 0.15) is 17.3 Å². The number of anilines is 1. The first-order chi connectivity index (χ1) is 9.13. The molecule has 0 aliphatic heterocycles. The molecular weight excluding hydrogens is 262 g/mol. The summed E-state index contributed by atoms with van der Waals surface area (Å²) in [5.74, 6) is 0. The smallest absolute Gasteiger partial charge is 0.237 e. The Morgan fingerprint density at radius 3 is 2.74 bits per heavy atom. The van der Waals surface area contributed by atoms with Gasteiger partial charge in [0.2, 0.25) is 5.71 Å². The minimum atomic E-state index is -0.240. The number of pyridine rings is 1. The third kappa shape index (κ3) is 2.79. The highest BCUT2D eigenvalue weighted by molar-refractivity contribution is 6.29. The van der Waals surface area contributed by atoms with Crippen LogP contribution >= 0.6 is 11.6 Å². The maximum absolute atomic E-state index is 8.58. The Balaban J connectivity index is 2.41. The van der Waals surface area contributed by atoms with E-state index in [1.807, 2.05) is 13.0 Å². The lowest BCUT2D eigenvalue weighted by molar-refractivity contribution is 1.32. The highest BCUT2D eigenvalue weighted by Crippen LogP contribution is 2.23. The average molecular weight is 270 g/mol. The van der Waals surface area contributed by atoms with Gasteiger partial charge in [0, 0.05) is 5.39 Å². The molecule has 0 aliphatic rings. The molecule has 19 heavy (non-hydrogen) atoms. The van der Waals surface area contributed by atoms with Crippen molar-refractivity contribution in [2.45, 2.75) is 6.92 Å². The van der Waals surface area contributed by atoms with Crippen molar-refractivity contribution in [3.8, 4) is 12.1 Å². The monoisotopic (exact) mass is 269 g/mol. The number of halogens is 1. The largest absolute Gasteiger partial charge is 0.276 e. The van der Waals surface area contributed by atoms with Crippen LogP contribution in [0.3, 0.4) is 0 Å². The van der Waals surface area contributed by atoms with Gasteiger partial charge in [0.15, 0.2) is 0 Å². The Morgan fingerprint density at radius 1 is 1.32 bits per heavy atom. The summed E-state index contributed by atoms with van der Waals surface area (Å²) in [5.41, 5.74) is 4.78. The van der Waals surface area contributed by atoms with Crippen molar-refractivity contribution >= 4 is 33.9 Å². The summed E-state index contributed by atoms with van der Waals surface area (Å²) < 4.78 is 0. The number of nitrogens with zero attached hydrogens (tertiary/aromatic N) is 4. The van der Waals surface area contributed by atoms with E-state index in [9.17, 15) is 0 Å². The van der Waals surface area contributed by atoms with Crippen molar-refractivity contribution in [1.29, 1.82) is 10.5 Å². The molecule has 6 heteroatoms. The van der Waals surface area contributed by atoms with Crippen molar-refractivity contribution in [2.24, 2.45) is 5.10 Å². The van der Waals surface area contributed by atoms with Gasteiger partial charge in [-0.25, -0.2) is 4.98 Å². The average Bonchev–Trinajstić information content (AvgIpc) is 2.39. The van der Waals surface area contributed by atoms with Crippen LogP contribution in [-0.4, -0.2) is 10.7 Å². The number of nitriles is 2. The summed E-state index contributed by atoms with van der Waals surface area (Å²) in [6.07, 6.45) is 0. The van der Waals surface area contributed by atoms with Gasteiger partial charge >= 0.3 is 0 Å². The second-order valence-corrected chi connectivity index (χ2v) is 4.18. The summed E-state index contributed by atoms with van der Waals surface area (Å²) in [5, 5.41) is 22.2. The van der Waals surface area contributed by atoms with E-state index in [0.29, 0.717) is 10.8 Å². The van der Waals surface area contributed by atoms with Gasteiger partial charge < -0.3 is 0 Å². The number of hydrogen-bond acceptors (Lipinski definition) is 5. The summed E-state index contributed by atoms with van der Waals surface area (Å²) in [6.45, 7) is 1.95. The topological polar surface area (TPSA) is 84.9 Å². The molecule has 0 radical (unpaired) electrons. The van der Waals surface area contributed by atoms with Crippen LogP contribution in [0.2, 0.25) is 5.15 Å². The Hall–Kier alpha value is -2.63. The van der Waals surface area contributed by atoms with E-state index in [1.54, 1.807) is 30.3 Å². The Morgan fingerprint density at radius 2 is 2.05 bits per heavy atom. The Kier molecular flexibility index (Phi) is 3.61. The van der Waals surface area contributed by atoms with Crippen LogP contribution in [0.4, 0.5) is 5.69 Å². The number of nitrogens with one attached hydrogen (secondary N) is 1. The summed E-state index contributed by atoms with van der Waals surface area (Å²) in [7, 11) is 0. The lowest BCUT2D eigenvalue weighted by Crippen LogP contribution is -1.96. The minimum absolute atomic E-state index is 0.240. The molecule has 1 N–H and O–H groups in total. The van der Waals surface area contributed by atoms with Crippen LogP contribution in [0.5, 0.6) is 0 Å². The minimum Gasteiger partial charge on any atom is -0.276 e. The molecule has 0 fully saturated rings.